The number of rotatable bonds is 6. The Labute approximate surface area is 241 Å². The third-order valence-corrected chi connectivity index (χ3v) is 8.97. The topological polar surface area (TPSA) is 121 Å². The van der Waals surface area contributed by atoms with Crippen molar-refractivity contribution in [2.24, 2.45) is 0 Å². The molecule has 6 rings (SSSR count). The predicted molar refractivity (Wildman–Crippen MR) is 153 cm³/mol. The number of aliphatic hydroxyl groups excluding tert-OH is 1. The van der Waals surface area contributed by atoms with Gasteiger partial charge in [-0.2, -0.15) is 0 Å². The van der Waals surface area contributed by atoms with E-state index in [4.69, 9.17) is 0 Å². The molecule has 1 saturated heterocycles. The molecule has 0 radical (unpaired) electrons. The van der Waals surface area contributed by atoms with Crippen LogP contribution in [0.25, 0.3) is 11.4 Å². The number of nitrogens with zero attached hydrogens (tertiary/aromatic N) is 5. The average Bonchev–Trinajstić information content (AvgIpc) is 3.64. The monoisotopic (exact) mass is 587 g/mol. The first kappa shape index (κ1) is 26.7. The number of halogens is 1. The molecule has 0 bridgehead atoms. The van der Waals surface area contributed by atoms with Gasteiger partial charge in [-0.05, 0) is 60.9 Å². The molecule has 0 aliphatic carbocycles. The maximum Gasteiger partial charge on any atom is 0.301 e. The summed E-state index contributed by atoms with van der Waals surface area (Å²) in [6, 6.07) is 14.9. The highest BCUT2D eigenvalue weighted by Gasteiger charge is 2.48. The van der Waals surface area contributed by atoms with E-state index in [2.05, 4.69) is 15.2 Å². The molecule has 1 atom stereocenters. The number of carbonyl (C=O) groups excluding carboxylic acids is 2. The molecule has 3 aromatic heterocycles. The van der Waals surface area contributed by atoms with E-state index >= 15 is 0 Å². The van der Waals surface area contributed by atoms with E-state index in [1.807, 2.05) is 29.7 Å². The van der Waals surface area contributed by atoms with Gasteiger partial charge >= 0.3 is 5.91 Å². The van der Waals surface area contributed by atoms with Gasteiger partial charge in [0, 0.05) is 11.9 Å². The minimum Gasteiger partial charge on any atom is -0.508 e. The molecule has 1 fully saturated rings. The van der Waals surface area contributed by atoms with Crippen molar-refractivity contribution in [2.45, 2.75) is 30.0 Å². The van der Waals surface area contributed by atoms with Gasteiger partial charge < -0.3 is 14.6 Å². The molecule has 2 aromatic carbocycles. The highest BCUT2D eigenvalue weighted by atomic mass is 32.2. The van der Waals surface area contributed by atoms with Crippen LogP contribution in [0.2, 0.25) is 0 Å². The van der Waals surface area contributed by atoms with Crippen molar-refractivity contribution in [2.75, 3.05) is 4.90 Å². The van der Waals surface area contributed by atoms with E-state index < -0.39 is 23.5 Å². The number of amides is 1. The molecule has 1 aliphatic heterocycles. The largest absolute Gasteiger partial charge is 0.508 e. The fourth-order valence-corrected chi connectivity index (χ4v) is 6.58. The smallest absolute Gasteiger partial charge is 0.301 e. The second-order valence-corrected chi connectivity index (χ2v) is 11.6. The van der Waals surface area contributed by atoms with Crippen LogP contribution in [0.15, 0.2) is 76.8 Å². The van der Waals surface area contributed by atoms with Crippen molar-refractivity contribution in [1.82, 2.24) is 19.6 Å². The van der Waals surface area contributed by atoms with Crippen LogP contribution in [-0.4, -0.2) is 41.5 Å². The highest BCUT2D eigenvalue weighted by molar-refractivity contribution is 8.00. The SMILES string of the molecule is Cc1cccn2c(C)c(/C(O)=C3\C(=O)C(=O)N(c4nnc(SCc5ccc(F)cc5)s4)C3c3ccc(O)cc3)nc12. The lowest BCUT2D eigenvalue weighted by Gasteiger charge is -2.22. The Morgan fingerprint density at radius 1 is 1.05 bits per heavy atom. The zero-order valence-electron chi connectivity index (χ0n) is 21.8. The van der Waals surface area contributed by atoms with Crippen molar-refractivity contribution < 1.29 is 24.2 Å². The third kappa shape index (κ3) is 4.74. The number of pyridine rings is 1. The molecule has 4 heterocycles. The maximum absolute atomic E-state index is 13.5. The number of phenolic OH excluding ortho intramolecular Hbond substituents is 1. The van der Waals surface area contributed by atoms with Crippen molar-refractivity contribution in [1.29, 1.82) is 0 Å². The minimum absolute atomic E-state index is 0.00719. The number of aliphatic hydroxyl groups is 1. The second kappa shape index (κ2) is 10.5. The third-order valence-electron chi connectivity index (χ3n) is 6.84. The lowest BCUT2D eigenvalue weighted by molar-refractivity contribution is -0.132. The van der Waals surface area contributed by atoms with E-state index in [0.29, 0.717) is 27.0 Å². The van der Waals surface area contributed by atoms with E-state index in [-0.39, 0.29) is 28.0 Å². The lowest BCUT2D eigenvalue weighted by atomic mass is 9.96. The number of ketones is 1. The van der Waals surface area contributed by atoms with Crippen molar-refractivity contribution in [3.8, 4) is 5.75 Å². The standard InChI is InChI=1S/C29H22FN5O4S2/c1-15-4-3-13-34-16(2)22(31-26(15)34)24(37)21-23(18-7-11-20(36)12-8-18)35(27(39)25(21)38)28-32-33-29(41-28)40-14-17-5-9-19(30)10-6-17/h3-13,23,36-37H,14H2,1-2H3/b24-21+. The normalized spacial score (nSPS) is 16.7. The Hall–Kier alpha value is -4.55. The summed E-state index contributed by atoms with van der Waals surface area (Å²) >= 11 is 2.49. The summed E-state index contributed by atoms with van der Waals surface area (Å²) in [6.45, 7) is 3.66. The average molecular weight is 588 g/mol. The van der Waals surface area contributed by atoms with Gasteiger partial charge in [0.2, 0.25) is 5.13 Å². The van der Waals surface area contributed by atoms with Crippen molar-refractivity contribution in [3.63, 3.8) is 0 Å². The molecular formula is C29H22FN5O4S2. The number of fused-ring (bicyclic) bond motifs is 1. The summed E-state index contributed by atoms with van der Waals surface area (Å²) in [4.78, 5) is 32.8. The van der Waals surface area contributed by atoms with Crippen LogP contribution in [0, 0.1) is 19.7 Å². The number of benzene rings is 2. The number of phenols is 1. The summed E-state index contributed by atoms with van der Waals surface area (Å²) in [7, 11) is 0. The fourth-order valence-electron chi connectivity index (χ4n) is 4.76. The van der Waals surface area contributed by atoms with Crippen LogP contribution >= 0.6 is 23.1 Å². The lowest BCUT2D eigenvalue weighted by Crippen LogP contribution is -2.29. The van der Waals surface area contributed by atoms with Crippen LogP contribution in [0.5, 0.6) is 5.75 Å². The first-order valence-corrected chi connectivity index (χ1v) is 14.3. The van der Waals surface area contributed by atoms with E-state index in [1.54, 1.807) is 31.2 Å². The molecule has 1 aliphatic rings. The number of aromatic nitrogens is 4. The first-order chi connectivity index (χ1) is 19.7. The number of anilines is 1. The molecule has 12 heteroatoms. The zero-order valence-corrected chi connectivity index (χ0v) is 23.4. The van der Waals surface area contributed by atoms with Gasteiger partial charge in [-0.15, -0.1) is 10.2 Å². The Morgan fingerprint density at radius 2 is 1.78 bits per heavy atom. The number of hydrogen-bond acceptors (Lipinski definition) is 9. The number of imidazole rings is 1. The number of thioether (sulfide) groups is 1. The molecule has 1 amide bonds. The maximum atomic E-state index is 13.5. The molecule has 0 spiro atoms. The molecule has 41 heavy (non-hydrogen) atoms. The number of aromatic hydroxyl groups is 1. The van der Waals surface area contributed by atoms with E-state index in [1.165, 1.54) is 40.9 Å². The quantitative estimate of drug-likeness (QED) is 0.0870. The molecule has 0 saturated carbocycles. The summed E-state index contributed by atoms with van der Waals surface area (Å²) in [6.07, 6.45) is 1.81. The fraction of sp³-hybridized carbons (Fsp3) is 0.138. The molecule has 9 nitrogen and oxygen atoms in total. The van der Waals surface area contributed by atoms with Gasteiger partial charge in [-0.1, -0.05) is 53.4 Å². The van der Waals surface area contributed by atoms with Crippen LogP contribution < -0.4 is 4.90 Å². The van der Waals surface area contributed by atoms with Gasteiger partial charge in [0.15, 0.2) is 10.1 Å². The highest BCUT2D eigenvalue weighted by Crippen LogP contribution is 2.44. The van der Waals surface area contributed by atoms with Gasteiger partial charge in [-0.3, -0.25) is 14.5 Å². The predicted octanol–water partition coefficient (Wildman–Crippen LogP) is 5.57. The van der Waals surface area contributed by atoms with Gasteiger partial charge in [0.1, 0.15) is 22.9 Å². The molecule has 2 N–H and O–H groups in total. The molecule has 1 unspecified atom stereocenters. The van der Waals surface area contributed by atoms with E-state index in [0.717, 1.165) is 22.5 Å². The van der Waals surface area contributed by atoms with Crippen LogP contribution in [0.3, 0.4) is 0 Å². The Bertz CT molecular complexity index is 1850. The molecule has 5 aromatic rings. The Kier molecular flexibility index (Phi) is 6.80. The minimum atomic E-state index is -1.04. The Balaban J connectivity index is 1.43. The number of Topliss-reactive ketones (excluding diaryl/α,β-unsaturated/α-hetero) is 1. The van der Waals surface area contributed by atoms with Crippen molar-refractivity contribution >= 4 is 51.3 Å². The summed E-state index contributed by atoms with van der Waals surface area (Å²) in [5.74, 6) is -1.97. The summed E-state index contributed by atoms with van der Waals surface area (Å²) in [5.41, 5.74) is 3.52. The van der Waals surface area contributed by atoms with Crippen LogP contribution in [0.1, 0.15) is 34.1 Å². The van der Waals surface area contributed by atoms with Gasteiger partial charge in [0.05, 0.1) is 17.3 Å². The summed E-state index contributed by atoms with van der Waals surface area (Å²) in [5, 5.41) is 30.0. The zero-order chi connectivity index (χ0) is 28.8. The van der Waals surface area contributed by atoms with Crippen molar-refractivity contribution in [3.05, 3.63) is 106 Å². The Morgan fingerprint density at radius 3 is 2.49 bits per heavy atom. The molecule has 206 valence electrons. The molecular weight excluding hydrogens is 565 g/mol. The second-order valence-electron chi connectivity index (χ2n) is 9.46. The first-order valence-electron chi connectivity index (χ1n) is 12.5. The number of carbonyl (C=O) groups is 2. The van der Waals surface area contributed by atoms with Crippen LogP contribution in [0.4, 0.5) is 9.52 Å². The number of hydrogen-bond donors (Lipinski definition) is 2. The van der Waals surface area contributed by atoms with Gasteiger partial charge in [0.25, 0.3) is 5.78 Å². The number of aryl methyl sites for hydroxylation is 2. The van der Waals surface area contributed by atoms with Crippen LogP contribution in [-0.2, 0) is 15.3 Å². The van der Waals surface area contributed by atoms with Gasteiger partial charge in [-0.25, -0.2) is 9.37 Å². The summed E-state index contributed by atoms with van der Waals surface area (Å²) < 4.78 is 15.6. The van der Waals surface area contributed by atoms with E-state index in [9.17, 15) is 24.2 Å².